The normalized spacial score (nSPS) is 16.4. The van der Waals surface area contributed by atoms with Crippen LogP contribution in [0.1, 0.15) is 24.0 Å². The summed E-state index contributed by atoms with van der Waals surface area (Å²) in [6, 6.07) is 4.38. The number of rotatable bonds is 3. The van der Waals surface area contributed by atoms with Crippen molar-refractivity contribution >= 4 is 28.5 Å². The minimum atomic E-state index is 0.0549. The van der Waals surface area contributed by atoms with Gasteiger partial charge in [0.25, 0.3) is 0 Å². The third-order valence-corrected chi connectivity index (χ3v) is 5.00. The zero-order valence-corrected chi connectivity index (χ0v) is 13.9. The van der Waals surface area contributed by atoms with Crippen LogP contribution in [0.15, 0.2) is 18.5 Å². The Kier molecular flexibility index (Phi) is 4.39. The van der Waals surface area contributed by atoms with Crippen LogP contribution >= 0.6 is 11.6 Å². The smallest absolute Gasteiger partial charge is 0.237 e. The quantitative estimate of drug-likeness (QED) is 0.815. The Morgan fingerprint density at radius 2 is 1.95 bits per heavy atom. The number of hydrogen-bond donors (Lipinski definition) is 0. The number of alkyl halides is 1. The Bertz CT molecular complexity index is 687. The molecule has 2 heterocycles. The van der Waals surface area contributed by atoms with Gasteiger partial charge in [-0.25, -0.2) is 4.98 Å². The van der Waals surface area contributed by atoms with E-state index in [2.05, 4.69) is 35.5 Å². The van der Waals surface area contributed by atoms with Crippen LogP contribution < -0.4 is 0 Å². The van der Waals surface area contributed by atoms with Gasteiger partial charge >= 0.3 is 0 Å². The molecule has 5 heteroatoms. The van der Waals surface area contributed by atoms with Gasteiger partial charge in [0, 0.05) is 19.6 Å². The fourth-order valence-electron chi connectivity index (χ4n) is 3.19. The van der Waals surface area contributed by atoms with E-state index < -0.39 is 0 Å². The molecule has 1 aliphatic rings. The molecular formula is C17H22ClN3O. The summed E-state index contributed by atoms with van der Waals surface area (Å²) in [6.45, 7) is 6.88. The van der Waals surface area contributed by atoms with E-state index >= 15 is 0 Å². The van der Waals surface area contributed by atoms with E-state index in [9.17, 15) is 4.79 Å². The van der Waals surface area contributed by atoms with E-state index in [1.807, 2.05) is 11.2 Å². The minimum absolute atomic E-state index is 0.0549. The maximum absolute atomic E-state index is 11.6. The van der Waals surface area contributed by atoms with E-state index in [1.54, 1.807) is 0 Å². The SMILES string of the molecule is Cc1cc2ncn(CC3CCN(C(=O)CCl)CC3)c2cc1C. The lowest BCUT2D eigenvalue weighted by molar-refractivity contribution is -0.129. The van der Waals surface area contributed by atoms with Gasteiger partial charge in [-0.1, -0.05) is 0 Å². The Morgan fingerprint density at radius 3 is 2.64 bits per heavy atom. The first kappa shape index (κ1) is 15.3. The van der Waals surface area contributed by atoms with Gasteiger partial charge in [-0.15, -0.1) is 11.6 Å². The highest BCUT2D eigenvalue weighted by atomic mass is 35.5. The van der Waals surface area contributed by atoms with Gasteiger partial charge in [-0.3, -0.25) is 4.79 Å². The van der Waals surface area contributed by atoms with Crippen molar-refractivity contribution in [1.29, 1.82) is 0 Å². The lowest BCUT2D eigenvalue weighted by atomic mass is 9.96. The third-order valence-electron chi connectivity index (χ3n) is 4.77. The number of piperidine rings is 1. The zero-order chi connectivity index (χ0) is 15.7. The standard InChI is InChI=1S/C17H22ClN3O/c1-12-7-15-16(8-13(12)2)21(11-19-15)10-14-3-5-20(6-4-14)17(22)9-18/h7-8,11,14H,3-6,9-10H2,1-2H3. The molecule has 0 bridgehead atoms. The van der Waals surface area contributed by atoms with Crippen molar-refractivity contribution in [1.82, 2.24) is 14.5 Å². The van der Waals surface area contributed by atoms with Gasteiger partial charge in [0.15, 0.2) is 0 Å². The van der Waals surface area contributed by atoms with E-state index in [0.29, 0.717) is 5.92 Å². The Labute approximate surface area is 136 Å². The molecule has 0 N–H and O–H groups in total. The van der Waals surface area contributed by atoms with Crippen LogP contribution in [-0.2, 0) is 11.3 Å². The summed E-state index contributed by atoms with van der Waals surface area (Å²) in [5.74, 6) is 0.743. The van der Waals surface area contributed by atoms with Crippen molar-refractivity contribution in [3.8, 4) is 0 Å². The molecule has 0 unspecified atom stereocenters. The lowest BCUT2D eigenvalue weighted by Gasteiger charge is -2.31. The molecule has 4 nitrogen and oxygen atoms in total. The number of amides is 1. The van der Waals surface area contributed by atoms with Crippen LogP contribution in [0.4, 0.5) is 0 Å². The third kappa shape index (κ3) is 2.98. The Hall–Kier alpha value is -1.55. The molecule has 118 valence electrons. The molecule has 0 aliphatic carbocycles. The molecule has 22 heavy (non-hydrogen) atoms. The second-order valence-corrected chi connectivity index (χ2v) is 6.55. The van der Waals surface area contributed by atoms with Gasteiger partial charge in [0.1, 0.15) is 5.88 Å². The molecule has 0 spiro atoms. The maximum Gasteiger partial charge on any atom is 0.237 e. The molecule has 3 rings (SSSR count). The van der Waals surface area contributed by atoms with Crippen molar-refractivity contribution in [2.75, 3.05) is 19.0 Å². The molecular weight excluding hydrogens is 298 g/mol. The average molecular weight is 320 g/mol. The zero-order valence-electron chi connectivity index (χ0n) is 13.2. The Balaban J connectivity index is 1.70. The number of nitrogens with zero attached hydrogens (tertiary/aromatic N) is 3. The number of hydrogen-bond acceptors (Lipinski definition) is 2. The van der Waals surface area contributed by atoms with Crippen molar-refractivity contribution < 1.29 is 4.79 Å². The number of aryl methyl sites for hydroxylation is 2. The summed E-state index contributed by atoms with van der Waals surface area (Å²) in [6.07, 6.45) is 4.01. The number of carbonyl (C=O) groups is 1. The van der Waals surface area contributed by atoms with Crippen molar-refractivity contribution in [3.63, 3.8) is 0 Å². The Morgan fingerprint density at radius 1 is 1.27 bits per heavy atom. The van der Waals surface area contributed by atoms with Crippen LogP contribution in [0, 0.1) is 19.8 Å². The summed E-state index contributed by atoms with van der Waals surface area (Å²) in [5, 5.41) is 0. The van der Waals surface area contributed by atoms with E-state index in [-0.39, 0.29) is 11.8 Å². The van der Waals surface area contributed by atoms with E-state index in [4.69, 9.17) is 11.6 Å². The highest BCUT2D eigenvalue weighted by Crippen LogP contribution is 2.23. The number of aromatic nitrogens is 2. The van der Waals surface area contributed by atoms with Crippen LogP contribution in [0.25, 0.3) is 11.0 Å². The highest BCUT2D eigenvalue weighted by molar-refractivity contribution is 6.27. The van der Waals surface area contributed by atoms with Crippen LogP contribution in [-0.4, -0.2) is 39.3 Å². The second kappa shape index (κ2) is 6.29. The molecule has 0 atom stereocenters. The second-order valence-electron chi connectivity index (χ2n) is 6.28. The number of imidazole rings is 1. The van der Waals surface area contributed by atoms with Gasteiger partial charge in [-0.05, 0) is 55.9 Å². The molecule has 1 amide bonds. The summed E-state index contributed by atoms with van der Waals surface area (Å²) < 4.78 is 2.26. The van der Waals surface area contributed by atoms with Crippen molar-refractivity contribution in [2.45, 2.75) is 33.2 Å². The number of benzene rings is 1. The minimum Gasteiger partial charge on any atom is -0.342 e. The fraction of sp³-hybridized carbons (Fsp3) is 0.529. The predicted octanol–water partition coefficient (Wildman–Crippen LogP) is 3.13. The summed E-state index contributed by atoms with van der Waals surface area (Å²) in [7, 11) is 0. The first-order valence-electron chi connectivity index (χ1n) is 7.84. The molecule has 1 saturated heterocycles. The highest BCUT2D eigenvalue weighted by Gasteiger charge is 2.22. The van der Waals surface area contributed by atoms with Crippen LogP contribution in [0.5, 0.6) is 0 Å². The first-order valence-corrected chi connectivity index (χ1v) is 8.37. The van der Waals surface area contributed by atoms with Gasteiger partial charge in [0.05, 0.1) is 17.4 Å². The summed E-state index contributed by atoms with van der Waals surface area (Å²) >= 11 is 5.63. The van der Waals surface area contributed by atoms with Crippen molar-refractivity contribution in [3.05, 3.63) is 29.6 Å². The van der Waals surface area contributed by atoms with Gasteiger partial charge in [-0.2, -0.15) is 0 Å². The van der Waals surface area contributed by atoms with Crippen LogP contribution in [0.2, 0.25) is 0 Å². The maximum atomic E-state index is 11.6. The summed E-state index contributed by atoms with van der Waals surface area (Å²) in [5.41, 5.74) is 4.86. The molecule has 1 aromatic heterocycles. The molecule has 0 saturated carbocycles. The van der Waals surface area contributed by atoms with Gasteiger partial charge in [0.2, 0.25) is 5.91 Å². The number of carbonyl (C=O) groups excluding carboxylic acids is 1. The van der Waals surface area contributed by atoms with E-state index in [0.717, 1.165) is 38.0 Å². The molecule has 1 aromatic carbocycles. The fourth-order valence-corrected chi connectivity index (χ4v) is 3.36. The predicted molar refractivity (Wildman–Crippen MR) is 89.2 cm³/mol. The molecule has 2 aromatic rings. The summed E-state index contributed by atoms with van der Waals surface area (Å²) in [4.78, 5) is 18.0. The van der Waals surface area contributed by atoms with E-state index in [1.165, 1.54) is 16.6 Å². The lowest BCUT2D eigenvalue weighted by Crippen LogP contribution is -2.39. The molecule has 1 aliphatic heterocycles. The monoisotopic (exact) mass is 319 g/mol. The average Bonchev–Trinajstić information content (AvgIpc) is 2.90. The van der Waals surface area contributed by atoms with Crippen molar-refractivity contribution in [2.24, 2.45) is 5.92 Å². The van der Waals surface area contributed by atoms with Gasteiger partial charge < -0.3 is 9.47 Å². The first-order chi connectivity index (χ1) is 10.6. The topological polar surface area (TPSA) is 38.1 Å². The number of fused-ring (bicyclic) bond motifs is 1. The van der Waals surface area contributed by atoms with Crippen LogP contribution in [0.3, 0.4) is 0 Å². The number of halogens is 1. The number of likely N-dealkylation sites (tertiary alicyclic amines) is 1. The molecule has 1 fully saturated rings. The molecule has 0 radical (unpaired) electrons. The largest absolute Gasteiger partial charge is 0.342 e.